The van der Waals surface area contributed by atoms with Crippen LogP contribution in [0.2, 0.25) is 0 Å². The summed E-state index contributed by atoms with van der Waals surface area (Å²) in [7, 11) is 1.69. The number of aromatic nitrogens is 2. The number of amides is 1. The summed E-state index contributed by atoms with van der Waals surface area (Å²) in [6.07, 6.45) is 10.4. The maximum absolute atomic E-state index is 12.8. The van der Waals surface area contributed by atoms with Gasteiger partial charge >= 0.3 is 0 Å². The minimum atomic E-state index is -0.160. The minimum absolute atomic E-state index is 0.00800. The van der Waals surface area contributed by atoms with E-state index in [-0.39, 0.29) is 24.2 Å². The number of aryl methyl sites for hydroxylation is 1. The van der Waals surface area contributed by atoms with E-state index in [1.807, 2.05) is 43.5 Å². The Morgan fingerprint density at radius 2 is 1.83 bits per heavy atom. The first-order chi connectivity index (χ1) is 20.0. The zero-order valence-electron chi connectivity index (χ0n) is 24.3. The topological polar surface area (TPSA) is 112 Å². The number of aliphatic hydroxyl groups excluding tert-OH is 1. The van der Waals surface area contributed by atoms with Gasteiger partial charge < -0.3 is 30.4 Å². The van der Waals surface area contributed by atoms with Crippen molar-refractivity contribution in [3.63, 3.8) is 0 Å². The number of nitrogens with zero attached hydrogens (tertiary/aromatic N) is 2. The average Bonchev–Trinajstić information content (AvgIpc) is 3.39. The van der Waals surface area contributed by atoms with Crippen molar-refractivity contribution < 1.29 is 14.6 Å². The number of carbonyl (C=O) groups is 1. The summed E-state index contributed by atoms with van der Waals surface area (Å²) in [6, 6.07) is 14.1. The number of aliphatic hydroxyl groups is 1. The zero-order valence-corrected chi connectivity index (χ0v) is 24.3. The second-order valence-electron chi connectivity index (χ2n) is 11.3. The van der Waals surface area contributed by atoms with Crippen LogP contribution in [-0.4, -0.2) is 59.5 Å². The van der Waals surface area contributed by atoms with Crippen LogP contribution in [0.15, 0.2) is 48.7 Å². The molecule has 0 bridgehead atoms. The lowest BCUT2D eigenvalue weighted by Crippen LogP contribution is -2.56. The van der Waals surface area contributed by atoms with Crippen LogP contribution in [0.25, 0.3) is 11.3 Å². The third-order valence-corrected chi connectivity index (χ3v) is 8.41. The van der Waals surface area contributed by atoms with E-state index in [4.69, 9.17) is 14.8 Å². The molecule has 1 unspecified atom stereocenters. The summed E-state index contributed by atoms with van der Waals surface area (Å²) in [5, 5.41) is 22.6. The van der Waals surface area contributed by atoms with Crippen LogP contribution in [0.5, 0.6) is 5.75 Å². The number of anilines is 1. The van der Waals surface area contributed by atoms with E-state index in [9.17, 15) is 4.79 Å². The molecule has 2 aromatic carbocycles. The van der Waals surface area contributed by atoms with Gasteiger partial charge in [0, 0.05) is 48.5 Å². The molecule has 1 aliphatic heterocycles. The van der Waals surface area contributed by atoms with Gasteiger partial charge in [-0.1, -0.05) is 32.1 Å². The van der Waals surface area contributed by atoms with Crippen molar-refractivity contribution in [3.05, 3.63) is 65.6 Å². The third-order valence-electron chi connectivity index (χ3n) is 8.41. The fourth-order valence-electron chi connectivity index (χ4n) is 6.22. The number of fused-ring (bicyclic) bond motifs is 1. The van der Waals surface area contributed by atoms with Gasteiger partial charge in [0.25, 0.3) is 5.91 Å². The van der Waals surface area contributed by atoms with Crippen LogP contribution in [0.4, 0.5) is 5.69 Å². The Morgan fingerprint density at radius 3 is 2.54 bits per heavy atom. The van der Waals surface area contributed by atoms with Gasteiger partial charge in [-0.05, 0) is 67.8 Å². The first-order valence-electron chi connectivity index (χ1n) is 15.0. The van der Waals surface area contributed by atoms with Gasteiger partial charge in [-0.3, -0.25) is 10.1 Å². The van der Waals surface area contributed by atoms with Crippen molar-refractivity contribution in [2.24, 2.45) is 0 Å². The monoisotopic (exact) mass is 560 g/mol. The number of methoxy groups -OCH3 is 1. The fraction of sp³-hybridized carbons (Fsp3) is 0.500. The van der Waals surface area contributed by atoms with Gasteiger partial charge in [0.1, 0.15) is 17.7 Å². The molecule has 3 aromatic rings. The second kappa shape index (κ2) is 13.5. The maximum Gasteiger partial charge on any atom is 0.251 e. The van der Waals surface area contributed by atoms with Crippen LogP contribution < -0.4 is 26.0 Å². The maximum atomic E-state index is 12.8. The predicted octanol–water partition coefficient (Wildman–Crippen LogP) is 4.38. The molecular weight excluding hydrogens is 516 g/mol. The highest BCUT2D eigenvalue weighted by atomic mass is 16.5. The number of nitrogens with one attached hydrogen (secondary N) is 4. The normalized spacial score (nSPS) is 18.3. The molecule has 41 heavy (non-hydrogen) atoms. The molecule has 9 nitrogen and oxygen atoms in total. The number of hydrogen-bond acceptors (Lipinski definition) is 7. The highest BCUT2D eigenvalue weighted by Gasteiger charge is 2.40. The van der Waals surface area contributed by atoms with Crippen molar-refractivity contribution in [3.8, 4) is 17.0 Å². The van der Waals surface area contributed by atoms with Gasteiger partial charge in [-0.25, -0.2) is 4.98 Å². The SMILES string of the molecule is COc1ccc(-c2cnc3n2CC2(CCCCCCC2)NC3Nc2ccc(C(=O)NCCNCCO)c(C)c2)cc1. The van der Waals surface area contributed by atoms with Crippen molar-refractivity contribution in [2.45, 2.75) is 70.1 Å². The molecule has 5 N–H and O–H groups in total. The van der Waals surface area contributed by atoms with Crippen LogP contribution in [-0.2, 0) is 6.54 Å². The van der Waals surface area contributed by atoms with E-state index >= 15 is 0 Å². The smallest absolute Gasteiger partial charge is 0.251 e. The highest BCUT2D eigenvalue weighted by Crippen LogP contribution is 2.38. The standard InChI is InChI=1S/C32H44N6O3/c1-23-20-25(10-13-27(23)31(40)34-17-16-33-18-19-39)36-29-30-35-21-28(24-8-11-26(41-2)12-9-24)38(30)22-32(37-29)14-6-4-3-5-7-15-32/h8-13,20-21,29,33,36-37,39H,3-7,14-19,22H2,1-2H3,(H,34,40). The largest absolute Gasteiger partial charge is 0.497 e. The summed E-state index contributed by atoms with van der Waals surface area (Å²) in [6.45, 7) is 4.59. The van der Waals surface area contributed by atoms with Gasteiger partial charge in [-0.2, -0.15) is 0 Å². The molecule has 5 rings (SSSR count). The summed E-state index contributed by atoms with van der Waals surface area (Å²) in [5.74, 6) is 1.72. The number of rotatable bonds is 10. The number of benzene rings is 2. The average molecular weight is 561 g/mol. The molecule has 1 amide bonds. The first kappa shape index (κ1) is 29.1. The minimum Gasteiger partial charge on any atom is -0.497 e. The van der Waals surface area contributed by atoms with E-state index in [0.29, 0.717) is 25.2 Å². The Kier molecular flexibility index (Phi) is 9.59. The van der Waals surface area contributed by atoms with Gasteiger partial charge in [-0.15, -0.1) is 0 Å². The molecule has 1 fully saturated rings. The van der Waals surface area contributed by atoms with Crippen molar-refractivity contribution in [1.82, 2.24) is 25.5 Å². The molecule has 2 heterocycles. The third kappa shape index (κ3) is 6.92. The Morgan fingerprint density at radius 1 is 1.07 bits per heavy atom. The molecule has 1 saturated carbocycles. The molecule has 0 radical (unpaired) electrons. The second-order valence-corrected chi connectivity index (χ2v) is 11.3. The lowest BCUT2D eigenvalue weighted by molar-refractivity contribution is 0.0953. The summed E-state index contributed by atoms with van der Waals surface area (Å²) >= 11 is 0. The predicted molar refractivity (Wildman–Crippen MR) is 162 cm³/mol. The summed E-state index contributed by atoms with van der Waals surface area (Å²) in [4.78, 5) is 17.7. The van der Waals surface area contributed by atoms with Crippen molar-refractivity contribution >= 4 is 11.6 Å². The first-order valence-corrected chi connectivity index (χ1v) is 15.0. The molecule has 1 aromatic heterocycles. The molecule has 1 atom stereocenters. The van der Waals surface area contributed by atoms with E-state index in [2.05, 4.69) is 38.0 Å². The Bertz CT molecular complexity index is 1300. The van der Waals surface area contributed by atoms with Gasteiger partial charge in [0.2, 0.25) is 0 Å². The number of imidazole rings is 1. The molecule has 9 heteroatoms. The van der Waals surface area contributed by atoms with Gasteiger partial charge in [0.05, 0.1) is 25.6 Å². The Hall–Kier alpha value is -3.40. The summed E-state index contributed by atoms with van der Waals surface area (Å²) < 4.78 is 7.79. The molecule has 1 aliphatic carbocycles. The molecule has 2 aliphatic rings. The van der Waals surface area contributed by atoms with Crippen LogP contribution in [0.1, 0.15) is 72.9 Å². The quantitative estimate of drug-likeness (QED) is 0.234. The zero-order chi connectivity index (χ0) is 28.7. The molecule has 0 saturated heterocycles. The van der Waals surface area contributed by atoms with E-state index in [0.717, 1.165) is 53.5 Å². The lowest BCUT2D eigenvalue weighted by Gasteiger charge is -2.44. The van der Waals surface area contributed by atoms with Crippen molar-refractivity contribution in [1.29, 1.82) is 0 Å². The number of carbonyl (C=O) groups excluding carboxylic acids is 1. The van der Waals surface area contributed by atoms with Crippen LogP contribution in [0.3, 0.4) is 0 Å². The van der Waals surface area contributed by atoms with E-state index in [1.165, 1.54) is 32.1 Å². The molecule has 220 valence electrons. The van der Waals surface area contributed by atoms with Gasteiger partial charge in [0.15, 0.2) is 0 Å². The lowest BCUT2D eigenvalue weighted by atomic mass is 9.82. The fourth-order valence-corrected chi connectivity index (χ4v) is 6.22. The Balaban J connectivity index is 1.38. The molecule has 1 spiro atoms. The number of ether oxygens (including phenoxy) is 1. The van der Waals surface area contributed by atoms with Crippen molar-refractivity contribution in [2.75, 3.05) is 38.7 Å². The molecular formula is C32H44N6O3. The van der Waals surface area contributed by atoms with E-state index < -0.39 is 0 Å². The highest BCUT2D eigenvalue weighted by molar-refractivity contribution is 5.96. The van der Waals surface area contributed by atoms with Crippen LogP contribution >= 0.6 is 0 Å². The summed E-state index contributed by atoms with van der Waals surface area (Å²) in [5.41, 5.74) is 4.76. The van der Waals surface area contributed by atoms with Crippen LogP contribution in [0, 0.1) is 6.92 Å². The van der Waals surface area contributed by atoms with E-state index in [1.54, 1.807) is 7.11 Å². The number of hydrogen-bond donors (Lipinski definition) is 5. The Labute approximate surface area is 243 Å².